The van der Waals surface area contributed by atoms with Crippen LogP contribution in [0.4, 0.5) is 5.69 Å². The lowest BCUT2D eigenvalue weighted by molar-refractivity contribution is -0.116. The molecule has 8 nitrogen and oxygen atoms in total. The first-order chi connectivity index (χ1) is 19.3. The van der Waals surface area contributed by atoms with Gasteiger partial charge in [-0.15, -0.1) is 0 Å². The Balaban J connectivity index is 1.51. The van der Waals surface area contributed by atoms with E-state index in [1.54, 1.807) is 18.3 Å². The number of carbonyl (C=O) groups excluding carboxylic acids is 1. The maximum Gasteiger partial charge on any atom is 0.337 e. The lowest BCUT2D eigenvalue weighted by Crippen LogP contribution is -2.33. The SMILES string of the molecule is Cc1ccccc1NC(=O)CCN1C(=S)N[C@@H](c2ccccn2)[C@H]1c1cc(C)n(-c2ccccc2C(=O)O)c1C. The number of nitrogens with one attached hydrogen (secondary N) is 2. The molecule has 2 aromatic heterocycles. The van der Waals surface area contributed by atoms with E-state index in [0.29, 0.717) is 17.3 Å². The van der Waals surface area contributed by atoms with Crippen LogP contribution >= 0.6 is 12.2 Å². The van der Waals surface area contributed by atoms with Crippen molar-refractivity contribution >= 4 is 34.9 Å². The average Bonchev–Trinajstić information content (AvgIpc) is 3.43. The Hall–Kier alpha value is -4.50. The minimum Gasteiger partial charge on any atom is -0.478 e. The van der Waals surface area contributed by atoms with Crippen molar-refractivity contribution in [3.8, 4) is 5.69 Å². The number of benzene rings is 2. The van der Waals surface area contributed by atoms with Gasteiger partial charge in [0.2, 0.25) is 5.91 Å². The van der Waals surface area contributed by atoms with Crippen molar-refractivity contribution in [2.45, 2.75) is 39.3 Å². The summed E-state index contributed by atoms with van der Waals surface area (Å²) in [5.74, 6) is -1.08. The number of hydrogen-bond acceptors (Lipinski definition) is 4. The molecule has 5 rings (SSSR count). The predicted molar refractivity (Wildman–Crippen MR) is 159 cm³/mol. The van der Waals surface area contributed by atoms with Crippen LogP contribution in [0.5, 0.6) is 0 Å². The number of pyridine rings is 1. The quantitative estimate of drug-likeness (QED) is 0.248. The van der Waals surface area contributed by atoms with Gasteiger partial charge in [-0.3, -0.25) is 9.78 Å². The number of amides is 1. The van der Waals surface area contributed by atoms with Gasteiger partial charge in [-0.05, 0) is 80.5 Å². The molecule has 2 atom stereocenters. The van der Waals surface area contributed by atoms with Crippen molar-refractivity contribution in [2.24, 2.45) is 0 Å². The van der Waals surface area contributed by atoms with Gasteiger partial charge in [0.05, 0.1) is 29.0 Å². The summed E-state index contributed by atoms with van der Waals surface area (Å²) in [7, 11) is 0. The molecular weight excluding hydrogens is 522 g/mol. The van der Waals surface area contributed by atoms with Crippen LogP contribution in [-0.4, -0.2) is 43.1 Å². The Morgan fingerprint density at radius 3 is 2.48 bits per heavy atom. The van der Waals surface area contributed by atoms with E-state index in [1.807, 2.05) is 84.8 Å². The van der Waals surface area contributed by atoms with Crippen molar-refractivity contribution in [1.29, 1.82) is 0 Å². The van der Waals surface area contributed by atoms with E-state index < -0.39 is 5.97 Å². The minimum absolute atomic E-state index is 0.0991. The average molecular weight is 554 g/mol. The summed E-state index contributed by atoms with van der Waals surface area (Å²) >= 11 is 5.80. The molecule has 0 aliphatic carbocycles. The summed E-state index contributed by atoms with van der Waals surface area (Å²) in [6.45, 7) is 6.31. The van der Waals surface area contributed by atoms with Crippen LogP contribution in [0.2, 0.25) is 0 Å². The van der Waals surface area contributed by atoms with Crippen LogP contribution in [0.25, 0.3) is 5.69 Å². The number of carboxylic acids is 1. The fourth-order valence-electron chi connectivity index (χ4n) is 5.44. The van der Waals surface area contributed by atoms with E-state index in [0.717, 1.165) is 33.9 Å². The molecule has 1 aliphatic rings. The zero-order chi connectivity index (χ0) is 28.4. The standard InChI is InChI=1S/C31H31N5O3S/c1-19-10-4-6-12-24(19)33-27(37)15-17-35-29(28(34-31(35)40)25-13-8-9-16-32-25)23-18-20(2)36(21(23)3)26-14-7-5-11-22(26)30(38)39/h4-14,16,18,28-29H,15,17H2,1-3H3,(H,33,37)(H,34,40)(H,38,39)/t28-,29+/m0/s1. The molecule has 0 radical (unpaired) electrons. The van der Waals surface area contributed by atoms with Crippen LogP contribution < -0.4 is 10.6 Å². The van der Waals surface area contributed by atoms with Gasteiger partial charge in [0.1, 0.15) is 0 Å². The number of hydrogen-bond donors (Lipinski definition) is 3. The van der Waals surface area contributed by atoms with Gasteiger partial charge < -0.3 is 25.2 Å². The fourth-order valence-corrected chi connectivity index (χ4v) is 5.77. The molecule has 0 saturated carbocycles. The number of nitrogens with zero attached hydrogens (tertiary/aromatic N) is 3. The predicted octanol–water partition coefficient (Wildman–Crippen LogP) is 5.50. The molecule has 204 valence electrons. The molecule has 0 spiro atoms. The van der Waals surface area contributed by atoms with E-state index in [-0.39, 0.29) is 30.0 Å². The Labute approximate surface area is 238 Å². The number of carbonyl (C=O) groups is 2. The molecule has 40 heavy (non-hydrogen) atoms. The van der Waals surface area contributed by atoms with Crippen LogP contribution in [-0.2, 0) is 4.79 Å². The number of para-hydroxylation sites is 2. The van der Waals surface area contributed by atoms with Gasteiger partial charge in [0.25, 0.3) is 0 Å². The molecule has 1 aliphatic heterocycles. The van der Waals surface area contributed by atoms with Crippen molar-refractivity contribution in [2.75, 3.05) is 11.9 Å². The van der Waals surface area contributed by atoms with E-state index in [9.17, 15) is 14.7 Å². The highest BCUT2D eigenvalue weighted by Gasteiger charge is 2.41. The summed E-state index contributed by atoms with van der Waals surface area (Å²) in [6, 6.07) is 22.0. The van der Waals surface area contributed by atoms with Gasteiger partial charge in [0.15, 0.2) is 5.11 Å². The second-order valence-electron chi connectivity index (χ2n) is 9.92. The summed E-state index contributed by atoms with van der Waals surface area (Å²) in [6.07, 6.45) is 1.99. The van der Waals surface area contributed by atoms with Crippen LogP contribution in [0.3, 0.4) is 0 Å². The third-order valence-electron chi connectivity index (χ3n) is 7.36. The molecule has 3 N–H and O–H groups in total. The topological polar surface area (TPSA) is 99.5 Å². The van der Waals surface area contributed by atoms with Gasteiger partial charge >= 0.3 is 5.97 Å². The smallest absolute Gasteiger partial charge is 0.337 e. The molecule has 3 heterocycles. The van der Waals surface area contributed by atoms with Crippen molar-refractivity contribution < 1.29 is 14.7 Å². The van der Waals surface area contributed by atoms with E-state index in [2.05, 4.69) is 21.7 Å². The zero-order valence-corrected chi connectivity index (χ0v) is 23.4. The van der Waals surface area contributed by atoms with Crippen LogP contribution in [0.15, 0.2) is 79.0 Å². The first-order valence-electron chi connectivity index (χ1n) is 13.1. The highest BCUT2D eigenvalue weighted by molar-refractivity contribution is 7.80. The molecule has 1 saturated heterocycles. The monoisotopic (exact) mass is 553 g/mol. The van der Waals surface area contributed by atoms with Gasteiger partial charge in [-0.25, -0.2) is 4.79 Å². The number of anilines is 1. The number of aromatic carboxylic acids is 1. The molecule has 1 amide bonds. The number of carboxylic acid groups (broad SMARTS) is 1. The first kappa shape index (κ1) is 27.1. The maximum absolute atomic E-state index is 13.0. The Morgan fingerprint density at radius 1 is 1.02 bits per heavy atom. The number of rotatable bonds is 8. The molecule has 1 fully saturated rings. The lowest BCUT2D eigenvalue weighted by Gasteiger charge is -2.28. The molecule has 9 heteroatoms. The summed E-state index contributed by atoms with van der Waals surface area (Å²) in [4.78, 5) is 31.6. The van der Waals surface area contributed by atoms with Crippen LogP contribution in [0, 0.1) is 20.8 Å². The Kier molecular flexibility index (Phi) is 7.66. The minimum atomic E-state index is -0.985. The largest absolute Gasteiger partial charge is 0.478 e. The normalized spacial score (nSPS) is 16.6. The van der Waals surface area contributed by atoms with Gasteiger partial charge in [-0.1, -0.05) is 36.4 Å². The zero-order valence-electron chi connectivity index (χ0n) is 22.6. The molecule has 2 aromatic carbocycles. The summed E-state index contributed by atoms with van der Waals surface area (Å²) < 4.78 is 1.97. The van der Waals surface area contributed by atoms with Crippen LogP contribution in [0.1, 0.15) is 57.1 Å². The lowest BCUT2D eigenvalue weighted by atomic mass is 9.96. The second kappa shape index (κ2) is 11.3. The molecule has 0 bridgehead atoms. The molecule has 0 unspecified atom stereocenters. The van der Waals surface area contributed by atoms with Crippen molar-refractivity contribution in [1.82, 2.24) is 19.8 Å². The van der Waals surface area contributed by atoms with E-state index in [4.69, 9.17) is 12.2 Å². The highest BCUT2D eigenvalue weighted by atomic mass is 32.1. The van der Waals surface area contributed by atoms with Crippen molar-refractivity contribution in [3.05, 3.63) is 113 Å². The third kappa shape index (κ3) is 5.20. The van der Waals surface area contributed by atoms with Gasteiger partial charge in [-0.2, -0.15) is 0 Å². The maximum atomic E-state index is 13.0. The molecular formula is C31H31N5O3S. The Bertz CT molecular complexity index is 1580. The Morgan fingerprint density at radius 2 is 1.75 bits per heavy atom. The summed E-state index contributed by atoms with van der Waals surface area (Å²) in [5.41, 5.74) is 6.23. The number of aromatic nitrogens is 2. The van der Waals surface area contributed by atoms with E-state index in [1.165, 1.54) is 0 Å². The molecule has 4 aromatic rings. The van der Waals surface area contributed by atoms with Crippen molar-refractivity contribution in [3.63, 3.8) is 0 Å². The second-order valence-corrected chi connectivity index (χ2v) is 10.3. The summed E-state index contributed by atoms with van der Waals surface area (Å²) in [5, 5.41) is 16.8. The van der Waals surface area contributed by atoms with Gasteiger partial charge in [0, 0.05) is 36.2 Å². The third-order valence-corrected chi connectivity index (χ3v) is 7.71. The number of thiocarbonyl (C=S) groups is 1. The fraction of sp³-hybridized carbons (Fsp3) is 0.226. The highest BCUT2D eigenvalue weighted by Crippen LogP contribution is 2.41. The first-order valence-corrected chi connectivity index (χ1v) is 13.5. The number of aryl methyl sites for hydroxylation is 2. The van der Waals surface area contributed by atoms with E-state index >= 15 is 0 Å².